The third-order valence-corrected chi connectivity index (χ3v) is 4.56. The molecule has 6 heteroatoms. The molecule has 0 saturated heterocycles. The van der Waals surface area contributed by atoms with Crippen molar-refractivity contribution in [3.8, 4) is 5.75 Å². The fourth-order valence-corrected chi connectivity index (χ4v) is 2.96. The number of ether oxygens (including phenoxy) is 2. The van der Waals surface area contributed by atoms with Gasteiger partial charge in [-0.25, -0.2) is 4.79 Å². The van der Waals surface area contributed by atoms with Crippen molar-refractivity contribution < 1.29 is 19.1 Å². The monoisotopic (exact) mass is 404 g/mol. The minimum Gasteiger partial charge on any atom is -0.483 e. The Kier molecular flexibility index (Phi) is 7.05. The average molecular weight is 404 g/mol. The van der Waals surface area contributed by atoms with Crippen LogP contribution in [0.5, 0.6) is 5.75 Å². The first-order valence-corrected chi connectivity index (χ1v) is 9.53. The van der Waals surface area contributed by atoms with Gasteiger partial charge in [0.25, 0.3) is 5.91 Å². The van der Waals surface area contributed by atoms with Crippen molar-refractivity contribution in [2.24, 2.45) is 0 Å². The third kappa shape index (κ3) is 5.61. The number of carbonyl (C=O) groups excluding carboxylic acids is 2. The van der Waals surface area contributed by atoms with E-state index in [-0.39, 0.29) is 12.5 Å². The van der Waals surface area contributed by atoms with E-state index < -0.39 is 6.09 Å². The molecule has 0 atom stereocenters. The lowest BCUT2D eigenvalue weighted by Gasteiger charge is -2.16. The summed E-state index contributed by atoms with van der Waals surface area (Å²) in [6.07, 6.45) is 0.266. The summed E-state index contributed by atoms with van der Waals surface area (Å²) in [5.41, 5.74) is 3.47. The van der Waals surface area contributed by atoms with Gasteiger partial charge in [0.15, 0.2) is 6.61 Å². The molecule has 0 heterocycles. The maximum Gasteiger partial charge on any atom is 0.413 e. The number of para-hydroxylation sites is 1. The Morgan fingerprint density at radius 2 is 1.57 bits per heavy atom. The van der Waals surface area contributed by atoms with E-state index in [9.17, 15) is 9.59 Å². The van der Waals surface area contributed by atoms with Crippen LogP contribution in [0.4, 0.5) is 16.2 Å². The topological polar surface area (TPSA) is 67.9 Å². The standard InChI is InChI=1S/C24H24N2O4/c1-26(24(28)29-2)21-14-12-20(13-15-21)25-23(27)17-30-22-11-7-6-10-19(22)16-18-8-4-3-5-9-18/h3-15H,16-17H2,1-2H3,(H,25,27). The van der Waals surface area contributed by atoms with E-state index in [1.54, 1.807) is 31.3 Å². The van der Waals surface area contributed by atoms with Gasteiger partial charge < -0.3 is 14.8 Å². The summed E-state index contributed by atoms with van der Waals surface area (Å²) in [6, 6.07) is 24.7. The highest BCUT2D eigenvalue weighted by molar-refractivity contribution is 5.92. The number of carbonyl (C=O) groups is 2. The first kappa shape index (κ1) is 20.9. The Balaban J connectivity index is 1.57. The summed E-state index contributed by atoms with van der Waals surface area (Å²) in [5, 5.41) is 2.79. The number of nitrogens with zero attached hydrogens (tertiary/aromatic N) is 1. The molecule has 0 spiro atoms. The molecule has 0 unspecified atom stereocenters. The molecule has 0 fully saturated rings. The number of rotatable bonds is 7. The zero-order valence-corrected chi connectivity index (χ0v) is 17.0. The molecule has 0 aliphatic carbocycles. The minimum absolute atomic E-state index is 0.102. The lowest BCUT2D eigenvalue weighted by atomic mass is 10.0. The average Bonchev–Trinajstić information content (AvgIpc) is 2.78. The molecule has 0 aromatic heterocycles. The predicted molar refractivity (Wildman–Crippen MR) is 117 cm³/mol. The predicted octanol–water partition coefficient (Wildman–Crippen LogP) is 4.50. The Morgan fingerprint density at radius 1 is 0.900 bits per heavy atom. The number of hydrogen-bond acceptors (Lipinski definition) is 4. The molecule has 6 nitrogen and oxygen atoms in total. The molecule has 30 heavy (non-hydrogen) atoms. The highest BCUT2D eigenvalue weighted by Crippen LogP contribution is 2.22. The summed E-state index contributed by atoms with van der Waals surface area (Å²) in [7, 11) is 2.94. The van der Waals surface area contributed by atoms with E-state index in [0.717, 1.165) is 12.0 Å². The van der Waals surface area contributed by atoms with Gasteiger partial charge in [0, 0.05) is 24.8 Å². The van der Waals surface area contributed by atoms with Crippen LogP contribution in [0.3, 0.4) is 0 Å². The van der Waals surface area contributed by atoms with Gasteiger partial charge in [-0.05, 0) is 41.5 Å². The van der Waals surface area contributed by atoms with Crippen molar-refractivity contribution >= 4 is 23.4 Å². The second kappa shape index (κ2) is 10.1. The Labute approximate surface area is 176 Å². The maximum atomic E-state index is 12.3. The Bertz CT molecular complexity index is 988. The molecule has 3 aromatic carbocycles. The van der Waals surface area contributed by atoms with Crippen LogP contribution in [0.1, 0.15) is 11.1 Å². The fourth-order valence-electron chi connectivity index (χ4n) is 2.96. The molecule has 3 aromatic rings. The summed E-state index contributed by atoms with van der Waals surface area (Å²) in [4.78, 5) is 25.2. The molecular weight excluding hydrogens is 380 g/mol. The van der Waals surface area contributed by atoms with Crippen molar-refractivity contribution in [3.05, 3.63) is 90.0 Å². The van der Waals surface area contributed by atoms with Crippen molar-refractivity contribution in [1.82, 2.24) is 0 Å². The van der Waals surface area contributed by atoms with Gasteiger partial charge in [-0.3, -0.25) is 9.69 Å². The third-order valence-electron chi connectivity index (χ3n) is 4.56. The van der Waals surface area contributed by atoms with E-state index in [4.69, 9.17) is 4.74 Å². The number of benzene rings is 3. The first-order valence-electron chi connectivity index (χ1n) is 9.53. The minimum atomic E-state index is -0.464. The van der Waals surface area contributed by atoms with Crippen LogP contribution in [0.25, 0.3) is 0 Å². The number of amides is 2. The van der Waals surface area contributed by atoms with Gasteiger partial charge in [0.2, 0.25) is 0 Å². The van der Waals surface area contributed by atoms with Crippen molar-refractivity contribution in [2.75, 3.05) is 31.0 Å². The summed E-state index contributed by atoms with van der Waals surface area (Å²) in [6.45, 7) is -0.102. The zero-order chi connectivity index (χ0) is 21.3. The molecule has 0 bridgehead atoms. The number of hydrogen-bond donors (Lipinski definition) is 1. The molecule has 0 aliphatic rings. The van der Waals surface area contributed by atoms with Gasteiger partial charge in [0.1, 0.15) is 5.75 Å². The molecular formula is C24H24N2O4. The van der Waals surface area contributed by atoms with E-state index in [1.807, 2.05) is 42.5 Å². The van der Waals surface area contributed by atoms with Crippen LogP contribution in [-0.4, -0.2) is 32.8 Å². The molecule has 0 saturated carbocycles. The molecule has 0 aliphatic heterocycles. The molecule has 2 amide bonds. The Hall–Kier alpha value is -3.80. The highest BCUT2D eigenvalue weighted by Gasteiger charge is 2.11. The van der Waals surface area contributed by atoms with Gasteiger partial charge in [-0.2, -0.15) is 0 Å². The summed E-state index contributed by atoms with van der Waals surface area (Å²) < 4.78 is 10.5. The van der Waals surface area contributed by atoms with Gasteiger partial charge in [-0.15, -0.1) is 0 Å². The number of nitrogens with one attached hydrogen (secondary N) is 1. The van der Waals surface area contributed by atoms with Crippen LogP contribution in [0, 0.1) is 0 Å². The number of anilines is 2. The summed E-state index contributed by atoms with van der Waals surface area (Å²) >= 11 is 0. The fraction of sp³-hybridized carbons (Fsp3) is 0.167. The van der Waals surface area contributed by atoms with E-state index in [0.29, 0.717) is 17.1 Å². The van der Waals surface area contributed by atoms with Crippen LogP contribution < -0.4 is 15.0 Å². The van der Waals surface area contributed by atoms with Crippen LogP contribution in [0.15, 0.2) is 78.9 Å². The molecule has 0 radical (unpaired) electrons. The first-order chi connectivity index (χ1) is 14.6. The molecule has 1 N–H and O–H groups in total. The molecule has 3 rings (SSSR count). The molecule has 154 valence electrons. The SMILES string of the molecule is COC(=O)N(C)c1ccc(NC(=O)COc2ccccc2Cc2ccccc2)cc1. The van der Waals surface area contributed by atoms with Crippen LogP contribution in [-0.2, 0) is 16.0 Å². The van der Waals surface area contributed by atoms with Crippen LogP contribution in [0.2, 0.25) is 0 Å². The summed E-state index contributed by atoms with van der Waals surface area (Å²) in [5.74, 6) is 0.421. The van der Waals surface area contributed by atoms with E-state index >= 15 is 0 Å². The Morgan fingerprint density at radius 3 is 2.27 bits per heavy atom. The highest BCUT2D eigenvalue weighted by atomic mass is 16.5. The normalized spacial score (nSPS) is 10.2. The number of methoxy groups -OCH3 is 1. The van der Waals surface area contributed by atoms with E-state index in [1.165, 1.54) is 17.6 Å². The smallest absolute Gasteiger partial charge is 0.413 e. The quantitative estimate of drug-likeness (QED) is 0.630. The largest absolute Gasteiger partial charge is 0.483 e. The van der Waals surface area contributed by atoms with Gasteiger partial charge >= 0.3 is 6.09 Å². The van der Waals surface area contributed by atoms with Gasteiger partial charge in [-0.1, -0.05) is 48.5 Å². The second-order valence-corrected chi connectivity index (χ2v) is 6.68. The van der Waals surface area contributed by atoms with Crippen molar-refractivity contribution in [3.63, 3.8) is 0 Å². The van der Waals surface area contributed by atoms with Crippen molar-refractivity contribution in [1.29, 1.82) is 0 Å². The second-order valence-electron chi connectivity index (χ2n) is 6.68. The van der Waals surface area contributed by atoms with Crippen molar-refractivity contribution in [2.45, 2.75) is 6.42 Å². The van der Waals surface area contributed by atoms with E-state index in [2.05, 4.69) is 22.2 Å². The lowest BCUT2D eigenvalue weighted by molar-refractivity contribution is -0.118. The van der Waals surface area contributed by atoms with Crippen LogP contribution >= 0.6 is 0 Å². The maximum absolute atomic E-state index is 12.3. The lowest BCUT2D eigenvalue weighted by Crippen LogP contribution is -2.25. The zero-order valence-electron chi connectivity index (χ0n) is 17.0. The van der Waals surface area contributed by atoms with Gasteiger partial charge in [0.05, 0.1) is 7.11 Å².